The minimum Gasteiger partial charge on any atom is -0.444 e. The summed E-state index contributed by atoms with van der Waals surface area (Å²) in [6.45, 7) is 17.7. The summed E-state index contributed by atoms with van der Waals surface area (Å²) in [5.41, 5.74) is 7.61. The third-order valence-corrected chi connectivity index (χ3v) is 12.4. The number of nitrogens with two attached hydrogens (primary N) is 1. The number of amides is 1. The Morgan fingerprint density at radius 3 is 2.45 bits per heavy atom. The van der Waals surface area contributed by atoms with E-state index in [1.165, 1.54) is 6.04 Å². The van der Waals surface area contributed by atoms with Crippen molar-refractivity contribution < 1.29 is 9.53 Å². The Kier molecular flexibility index (Phi) is 7.08. The number of nitrogens with one attached hydrogen (secondary N) is 1. The summed E-state index contributed by atoms with van der Waals surface area (Å²) in [5.74, 6) is 0.816. The molecular weight excluding hydrogens is 378 g/mol. The molecule has 3 N–H and O–H groups in total. The molecule has 164 valence electrons. The Morgan fingerprint density at radius 2 is 1.90 bits per heavy atom. The molecular formula is C23H41N3O2Si. The third kappa shape index (κ3) is 6.46. The standard InChI is InChI=1S/C23H41N3O2Si/c1-22(2,3)28-21(27)26-20-13-16(18-11-12-25-14-19(18)24)9-10-17(20)15-29(7,8)23(4,5)6/h11-12,14,16-17,20H,9-10,13,15,24H2,1-8H3,(H,26,27)/t16?,17-,20+/m0/s1. The van der Waals surface area contributed by atoms with Gasteiger partial charge in [-0.2, -0.15) is 0 Å². The first-order chi connectivity index (χ1) is 13.2. The van der Waals surface area contributed by atoms with Crippen LogP contribution in [0.2, 0.25) is 24.2 Å². The maximum Gasteiger partial charge on any atom is 0.407 e. The van der Waals surface area contributed by atoms with Crippen LogP contribution in [0.25, 0.3) is 0 Å². The molecule has 2 rings (SSSR count). The second-order valence-electron chi connectivity index (χ2n) is 11.4. The van der Waals surface area contributed by atoms with Crippen molar-refractivity contribution in [2.45, 2.75) is 103 Å². The van der Waals surface area contributed by atoms with Crippen molar-refractivity contribution in [3.05, 3.63) is 24.0 Å². The molecule has 29 heavy (non-hydrogen) atoms. The maximum atomic E-state index is 12.6. The van der Waals surface area contributed by atoms with E-state index in [2.05, 4.69) is 44.2 Å². The van der Waals surface area contributed by atoms with Gasteiger partial charge in [-0.1, -0.05) is 39.9 Å². The van der Waals surface area contributed by atoms with Crippen molar-refractivity contribution in [1.82, 2.24) is 10.3 Å². The van der Waals surface area contributed by atoms with Gasteiger partial charge >= 0.3 is 6.09 Å². The van der Waals surface area contributed by atoms with Crippen LogP contribution in [0.5, 0.6) is 0 Å². The molecule has 1 aliphatic carbocycles. The molecule has 0 spiro atoms. The number of hydrogen-bond acceptors (Lipinski definition) is 4. The second kappa shape index (κ2) is 8.66. The van der Waals surface area contributed by atoms with Crippen molar-refractivity contribution in [3.8, 4) is 0 Å². The molecule has 1 aromatic rings. The van der Waals surface area contributed by atoms with Crippen molar-refractivity contribution in [2.24, 2.45) is 5.92 Å². The number of rotatable bonds is 4. The van der Waals surface area contributed by atoms with Crippen LogP contribution in [0.4, 0.5) is 10.5 Å². The van der Waals surface area contributed by atoms with Gasteiger partial charge in [0, 0.05) is 12.2 Å². The highest BCUT2D eigenvalue weighted by molar-refractivity contribution is 6.80. The summed E-state index contributed by atoms with van der Waals surface area (Å²) in [6.07, 6.45) is 6.31. The molecule has 1 amide bonds. The summed E-state index contributed by atoms with van der Waals surface area (Å²) in [4.78, 5) is 16.7. The minimum atomic E-state index is -1.47. The third-order valence-electron chi connectivity index (χ3n) is 6.83. The van der Waals surface area contributed by atoms with E-state index in [-0.39, 0.29) is 12.1 Å². The number of carbonyl (C=O) groups is 1. The lowest BCUT2D eigenvalue weighted by molar-refractivity contribution is 0.0468. The van der Waals surface area contributed by atoms with E-state index in [1.807, 2.05) is 33.0 Å². The summed E-state index contributed by atoms with van der Waals surface area (Å²) in [7, 11) is -1.47. The van der Waals surface area contributed by atoms with E-state index < -0.39 is 13.7 Å². The number of nitrogen functional groups attached to an aromatic ring is 1. The fourth-order valence-corrected chi connectivity index (χ4v) is 6.56. The Bertz CT molecular complexity index is 707. The van der Waals surface area contributed by atoms with Crippen molar-refractivity contribution in [1.29, 1.82) is 0 Å². The Labute approximate surface area is 178 Å². The fourth-order valence-electron chi connectivity index (χ4n) is 4.15. The maximum absolute atomic E-state index is 12.6. The molecule has 1 aromatic heterocycles. The van der Waals surface area contributed by atoms with Crippen LogP contribution in [0.15, 0.2) is 18.5 Å². The predicted molar refractivity (Wildman–Crippen MR) is 124 cm³/mol. The summed E-state index contributed by atoms with van der Waals surface area (Å²) in [5, 5.41) is 3.55. The quantitative estimate of drug-likeness (QED) is 0.591. The highest BCUT2D eigenvalue weighted by Gasteiger charge is 2.41. The Hall–Kier alpha value is -1.56. The molecule has 1 unspecified atom stereocenters. The summed E-state index contributed by atoms with van der Waals surface area (Å²) < 4.78 is 5.58. The van der Waals surface area contributed by atoms with E-state index in [1.54, 1.807) is 6.20 Å². The molecule has 6 heteroatoms. The highest BCUT2D eigenvalue weighted by atomic mass is 28.3. The van der Waals surface area contributed by atoms with Crippen LogP contribution in [-0.2, 0) is 4.74 Å². The van der Waals surface area contributed by atoms with Gasteiger partial charge in [0.1, 0.15) is 5.60 Å². The van der Waals surface area contributed by atoms with E-state index in [9.17, 15) is 4.79 Å². The zero-order chi connectivity index (χ0) is 22.0. The van der Waals surface area contributed by atoms with Gasteiger partial charge in [0.05, 0.1) is 20.0 Å². The Morgan fingerprint density at radius 1 is 1.24 bits per heavy atom. The lowest BCUT2D eigenvalue weighted by atomic mass is 9.76. The lowest BCUT2D eigenvalue weighted by Gasteiger charge is -2.44. The molecule has 0 radical (unpaired) electrons. The molecule has 1 fully saturated rings. The fraction of sp³-hybridized carbons (Fsp3) is 0.739. The SMILES string of the molecule is CC(C)(C)OC(=O)N[C@@H]1CC(c2ccncc2N)CC[C@H]1C[Si](C)(C)C(C)(C)C. The predicted octanol–water partition coefficient (Wildman–Crippen LogP) is 5.95. The molecule has 1 saturated carbocycles. The molecule has 3 atom stereocenters. The van der Waals surface area contributed by atoms with Crippen LogP contribution in [0, 0.1) is 5.92 Å². The van der Waals surface area contributed by atoms with Crippen LogP contribution in [-0.4, -0.2) is 30.8 Å². The van der Waals surface area contributed by atoms with E-state index in [0.717, 1.165) is 30.5 Å². The van der Waals surface area contributed by atoms with Crippen LogP contribution in [0.3, 0.4) is 0 Å². The first kappa shape index (κ1) is 23.7. The molecule has 5 nitrogen and oxygen atoms in total. The van der Waals surface area contributed by atoms with Crippen molar-refractivity contribution in [2.75, 3.05) is 5.73 Å². The smallest absolute Gasteiger partial charge is 0.407 e. The topological polar surface area (TPSA) is 77.2 Å². The van der Waals surface area contributed by atoms with Crippen molar-refractivity contribution in [3.63, 3.8) is 0 Å². The van der Waals surface area contributed by atoms with Gasteiger partial charge in [0.25, 0.3) is 0 Å². The number of ether oxygens (including phenoxy) is 1. The van der Waals surface area contributed by atoms with Crippen LogP contribution >= 0.6 is 0 Å². The zero-order valence-corrected chi connectivity index (χ0v) is 20.6. The van der Waals surface area contributed by atoms with Gasteiger partial charge in [0.2, 0.25) is 0 Å². The van der Waals surface area contributed by atoms with Gasteiger partial charge in [-0.05, 0) is 68.5 Å². The van der Waals surface area contributed by atoms with E-state index in [4.69, 9.17) is 10.5 Å². The van der Waals surface area contributed by atoms with Gasteiger partial charge in [0.15, 0.2) is 0 Å². The normalized spacial score (nSPS) is 23.5. The number of nitrogens with zero attached hydrogens (tertiary/aromatic N) is 1. The highest BCUT2D eigenvalue weighted by Crippen LogP contribution is 2.46. The van der Waals surface area contributed by atoms with Crippen LogP contribution < -0.4 is 11.1 Å². The van der Waals surface area contributed by atoms with E-state index >= 15 is 0 Å². The van der Waals surface area contributed by atoms with Gasteiger partial charge in [-0.25, -0.2) is 4.79 Å². The van der Waals surface area contributed by atoms with Gasteiger partial charge in [-0.3, -0.25) is 4.98 Å². The van der Waals surface area contributed by atoms with E-state index in [0.29, 0.717) is 16.9 Å². The summed E-state index contributed by atoms with van der Waals surface area (Å²) in [6, 6.07) is 3.33. The first-order valence-electron chi connectivity index (χ1n) is 10.9. The lowest BCUT2D eigenvalue weighted by Crippen LogP contribution is -2.49. The molecule has 0 bridgehead atoms. The molecule has 1 heterocycles. The first-order valence-corrected chi connectivity index (χ1v) is 14.1. The number of hydrogen-bond donors (Lipinski definition) is 2. The number of aromatic nitrogens is 1. The monoisotopic (exact) mass is 419 g/mol. The van der Waals surface area contributed by atoms with Gasteiger partial charge < -0.3 is 15.8 Å². The molecule has 0 aromatic carbocycles. The summed E-state index contributed by atoms with van der Waals surface area (Å²) >= 11 is 0. The number of anilines is 1. The Balaban J connectivity index is 2.22. The average Bonchev–Trinajstić information content (AvgIpc) is 2.54. The number of carbonyl (C=O) groups excluding carboxylic acids is 1. The second-order valence-corrected chi connectivity index (χ2v) is 17.0. The van der Waals surface area contributed by atoms with Crippen LogP contribution in [0.1, 0.15) is 72.3 Å². The molecule has 0 saturated heterocycles. The minimum absolute atomic E-state index is 0.102. The average molecular weight is 420 g/mol. The zero-order valence-electron chi connectivity index (χ0n) is 19.6. The largest absolute Gasteiger partial charge is 0.444 e. The molecule has 1 aliphatic rings. The number of pyridine rings is 1. The number of alkyl carbamates (subject to hydrolysis) is 1. The molecule has 0 aliphatic heterocycles. The van der Waals surface area contributed by atoms with Crippen molar-refractivity contribution >= 4 is 19.9 Å². The van der Waals surface area contributed by atoms with Gasteiger partial charge in [-0.15, -0.1) is 0 Å².